The third-order valence-electron chi connectivity index (χ3n) is 2.47. The van der Waals surface area contributed by atoms with Crippen molar-refractivity contribution in [3.8, 4) is 0 Å². The molecule has 1 rings (SSSR count). The molecule has 6 nitrogen and oxygen atoms in total. The van der Waals surface area contributed by atoms with E-state index in [1.54, 1.807) is 20.8 Å². The Balaban J connectivity index is 2.68. The van der Waals surface area contributed by atoms with Crippen molar-refractivity contribution in [2.75, 3.05) is 5.32 Å². The lowest BCUT2D eigenvalue weighted by atomic mass is 10.0. The molecule has 0 bridgehead atoms. The van der Waals surface area contributed by atoms with E-state index in [0.29, 0.717) is 5.13 Å². The zero-order valence-electron chi connectivity index (χ0n) is 13.3. The summed E-state index contributed by atoms with van der Waals surface area (Å²) in [7, 11) is 0. The van der Waals surface area contributed by atoms with Gasteiger partial charge in [0, 0.05) is 5.38 Å². The Morgan fingerprint density at radius 1 is 1.33 bits per heavy atom. The minimum Gasteiger partial charge on any atom is -0.444 e. The third kappa shape index (κ3) is 6.12. The normalized spacial score (nSPS) is 12.9. The van der Waals surface area contributed by atoms with Crippen LogP contribution >= 0.6 is 11.3 Å². The maximum atomic E-state index is 12.2. The molecule has 0 aromatic carbocycles. The Morgan fingerprint density at radius 2 is 1.95 bits per heavy atom. The van der Waals surface area contributed by atoms with Gasteiger partial charge in [-0.05, 0) is 33.6 Å². The maximum absolute atomic E-state index is 12.2. The molecule has 0 aliphatic carbocycles. The predicted octanol–water partition coefficient (Wildman–Crippen LogP) is 2.94. The molecule has 0 saturated carbocycles. The largest absolute Gasteiger partial charge is 0.444 e. The summed E-state index contributed by atoms with van der Waals surface area (Å²) in [6, 6.07) is -0.677. The topological polar surface area (TPSA) is 80.3 Å². The van der Waals surface area contributed by atoms with Crippen molar-refractivity contribution in [2.45, 2.75) is 53.2 Å². The van der Waals surface area contributed by atoms with Crippen molar-refractivity contribution in [3.63, 3.8) is 0 Å². The molecule has 21 heavy (non-hydrogen) atoms. The number of hydrogen-bond donors (Lipinski definition) is 2. The number of nitrogens with one attached hydrogen (secondary N) is 2. The molecule has 0 aliphatic rings. The predicted molar refractivity (Wildman–Crippen MR) is 83.5 cm³/mol. The summed E-state index contributed by atoms with van der Waals surface area (Å²) in [6.45, 7) is 10.9. The fourth-order valence-electron chi connectivity index (χ4n) is 1.56. The highest BCUT2D eigenvalue weighted by Crippen LogP contribution is 2.16. The molecule has 2 amide bonds. The van der Waals surface area contributed by atoms with E-state index in [-0.39, 0.29) is 11.8 Å². The quantitative estimate of drug-likeness (QED) is 0.895. The van der Waals surface area contributed by atoms with Gasteiger partial charge in [-0.15, -0.1) is 11.3 Å². The Labute approximate surface area is 129 Å². The number of hydrogen-bond acceptors (Lipinski definition) is 5. The first-order valence-corrected chi connectivity index (χ1v) is 7.69. The first-order chi connectivity index (χ1) is 9.58. The lowest BCUT2D eigenvalue weighted by Crippen LogP contribution is -2.48. The van der Waals surface area contributed by atoms with E-state index in [0.717, 1.165) is 5.69 Å². The van der Waals surface area contributed by atoms with Gasteiger partial charge in [-0.2, -0.15) is 0 Å². The molecule has 0 aliphatic heterocycles. The second kappa shape index (κ2) is 6.89. The van der Waals surface area contributed by atoms with E-state index >= 15 is 0 Å². The molecule has 1 heterocycles. The zero-order chi connectivity index (χ0) is 16.2. The average Bonchev–Trinajstić information content (AvgIpc) is 2.68. The Morgan fingerprint density at radius 3 is 2.38 bits per heavy atom. The molecule has 2 N–H and O–H groups in total. The van der Waals surface area contributed by atoms with Crippen LogP contribution in [0.5, 0.6) is 0 Å². The number of aryl methyl sites for hydroxylation is 1. The summed E-state index contributed by atoms with van der Waals surface area (Å²) < 4.78 is 5.18. The van der Waals surface area contributed by atoms with Gasteiger partial charge in [0.15, 0.2) is 5.13 Å². The standard InChI is InChI=1S/C14H23N3O3S/c1-8(2)10(16-13(19)20-14(4,5)6)11(18)17-12-15-9(3)7-21-12/h7-8,10H,1-6H3,(H,16,19)(H,15,17,18)/t10-/m0/s1. The fraction of sp³-hybridized carbons (Fsp3) is 0.643. The Bertz CT molecular complexity index is 506. The van der Waals surface area contributed by atoms with Crippen molar-refractivity contribution in [3.05, 3.63) is 11.1 Å². The highest BCUT2D eigenvalue weighted by atomic mass is 32.1. The van der Waals surface area contributed by atoms with Gasteiger partial charge in [0.2, 0.25) is 5.91 Å². The average molecular weight is 313 g/mol. The van der Waals surface area contributed by atoms with Crippen LogP contribution in [0.15, 0.2) is 5.38 Å². The summed E-state index contributed by atoms with van der Waals surface area (Å²) >= 11 is 1.35. The van der Waals surface area contributed by atoms with Gasteiger partial charge >= 0.3 is 6.09 Å². The van der Waals surface area contributed by atoms with E-state index in [2.05, 4.69) is 15.6 Å². The van der Waals surface area contributed by atoms with Crippen LogP contribution in [0.3, 0.4) is 0 Å². The number of nitrogens with zero attached hydrogens (tertiary/aromatic N) is 1. The molecule has 118 valence electrons. The summed E-state index contributed by atoms with van der Waals surface area (Å²) in [6.07, 6.45) is -0.605. The molecule has 1 atom stereocenters. The van der Waals surface area contributed by atoms with Gasteiger partial charge in [0.05, 0.1) is 5.69 Å². The molecule has 7 heteroatoms. The number of amides is 2. The smallest absolute Gasteiger partial charge is 0.408 e. The van der Waals surface area contributed by atoms with Gasteiger partial charge in [-0.25, -0.2) is 9.78 Å². The van der Waals surface area contributed by atoms with Gasteiger partial charge in [0.1, 0.15) is 11.6 Å². The minimum absolute atomic E-state index is 0.0708. The number of thiazole rings is 1. The molecule has 0 saturated heterocycles. The third-order valence-corrected chi connectivity index (χ3v) is 3.35. The van der Waals surface area contributed by atoms with Crippen molar-refractivity contribution in [1.29, 1.82) is 0 Å². The van der Waals surface area contributed by atoms with Gasteiger partial charge in [-0.1, -0.05) is 13.8 Å². The molecule has 0 spiro atoms. The SMILES string of the molecule is Cc1csc(NC(=O)[C@@H](NC(=O)OC(C)(C)C)C(C)C)n1. The number of anilines is 1. The zero-order valence-corrected chi connectivity index (χ0v) is 14.1. The Hall–Kier alpha value is -1.63. The summed E-state index contributed by atoms with van der Waals surface area (Å²) in [5, 5.41) is 7.68. The molecule has 0 fully saturated rings. The van der Waals surface area contributed by atoms with Crippen LogP contribution in [-0.2, 0) is 9.53 Å². The molecule has 1 aromatic rings. The Kier molecular flexibility index (Phi) is 5.71. The van der Waals surface area contributed by atoms with Crippen molar-refractivity contribution >= 4 is 28.5 Å². The van der Waals surface area contributed by atoms with E-state index in [4.69, 9.17) is 4.74 Å². The van der Waals surface area contributed by atoms with E-state index < -0.39 is 17.7 Å². The van der Waals surface area contributed by atoms with Crippen LogP contribution in [0.25, 0.3) is 0 Å². The van der Waals surface area contributed by atoms with Gasteiger partial charge in [0.25, 0.3) is 0 Å². The van der Waals surface area contributed by atoms with E-state index in [1.807, 2.05) is 26.2 Å². The van der Waals surface area contributed by atoms with Crippen molar-refractivity contribution in [1.82, 2.24) is 10.3 Å². The number of rotatable bonds is 4. The van der Waals surface area contributed by atoms with Crippen LogP contribution in [0.1, 0.15) is 40.3 Å². The van der Waals surface area contributed by atoms with Crippen LogP contribution in [0.2, 0.25) is 0 Å². The van der Waals surface area contributed by atoms with Crippen molar-refractivity contribution < 1.29 is 14.3 Å². The molecular formula is C14H23N3O3S. The number of alkyl carbamates (subject to hydrolysis) is 1. The summed E-state index contributed by atoms with van der Waals surface area (Å²) in [5.74, 6) is -0.371. The summed E-state index contributed by atoms with van der Waals surface area (Å²) in [4.78, 5) is 28.2. The molecule has 0 unspecified atom stereocenters. The van der Waals surface area contributed by atoms with Crippen LogP contribution in [0, 0.1) is 12.8 Å². The number of ether oxygens (including phenoxy) is 1. The lowest BCUT2D eigenvalue weighted by Gasteiger charge is -2.24. The van der Waals surface area contributed by atoms with Crippen molar-refractivity contribution in [2.24, 2.45) is 5.92 Å². The lowest BCUT2D eigenvalue weighted by molar-refractivity contribution is -0.119. The van der Waals surface area contributed by atoms with Crippen LogP contribution in [-0.4, -0.2) is 28.6 Å². The first-order valence-electron chi connectivity index (χ1n) is 6.81. The van der Waals surface area contributed by atoms with E-state index in [9.17, 15) is 9.59 Å². The van der Waals surface area contributed by atoms with E-state index in [1.165, 1.54) is 11.3 Å². The van der Waals surface area contributed by atoms with Crippen LogP contribution < -0.4 is 10.6 Å². The number of aromatic nitrogens is 1. The molecule has 0 radical (unpaired) electrons. The second-order valence-electron chi connectivity index (χ2n) is 6.15. The maximum Gasteiger partial charge on any atom is 0.408 e. The van der Waals surface area contributed by atoms with Crippen LogP contribution in [0.4, 0.5) is 9.93 Å². The highest BCUT2D eigenvalue weighted by Gasteiger charge is 2.27. The van der Waals surface area contributed by atoms with Gasteiger partial charge < -0.3 is 15.4 Å². The highest BCUT2D eigenvalue weighted by molar-refractivity contribution is 7.13. The minimum atomic E-state index is -0.677. The van der Waals surface area contributed by atoms with Gasteiger partial charge in [-0.3, -0.25) is 4.79 Å². The number of carbonyl (C=O) groups is 2. The fourth-order valence-corrected chi connectivity index (χ4v) is 2.26. The second-order valence-corrected chi connectivity index (χ2v) is 7.01. The molecule has 1 aromatic heterocycles. The first kappa shape index (κ1) is 17.4. The number of carbonyl (C=O) groups excluding carboxylic acids is 2. The monoisotopic (exact) mass is 313 g/mol. The summed E-state index contributed by atoms with van der Waals surface area (Å²) in [5.41, 5.74) is 0.241. The molecular weight excluding hydrogens is 290 g/mol.